The Kier molecular flexibility index (Phi) is 4.58. The number of likely N-dealkylation sites (N-methyl/N-ethyl adjacent to an activating group) is 1. The molecule has 0 aromatic rings. The Labute approximate surface area is 75.3 Å². The maximum atomic E-state index is 4.94. The van der Waals surface area contributed by atoms with Crippen LogP contribution in [0.1, 0.15) is 6.42 Å². The van der Waals surface area contributed by atoms with E-state index in [1.807, 2.05) is 0 Å². The van der Waals surface area contributed by atoms with Gasteiger partial charge in [-0.1, -0.05) is 0 Å². The van der Waals surface area contributed by atoms with Crippen LogP contribution in [0.3, 0.4) is 0 Å². The van der Waals surface area contributed by atoms with Gasteiger partial charge in [0, 0.05) is 39.3 Å². The monoisotopic (exact) mass is 170 g/mol. The van der Waals surface area contributed by atoms with Crippen molar-refractivity contribution in [3.8, 4) is 0 Å². The summed E-state index contributed by atoms with van der Waals surface area (Å²) in [6.07, 6.45) is 1.04. The van der Waals surface area contributed by atoms with E-state index in [4.69, 9.17) is 7.11 Å². The zero-order chi connectivity index (χ0) is 8.81. The van der Waals surface area contributed by atoms with Crippen molar-refractivity contribution in [2.75, 3.05) is 46.4 Å². The summed E-state index contributed by atoms with van der Waals surface area (Å²) in [5, 5.41) is 0. The first-order chi connectivity index (χ1) is 5.83. The molecule has 0 aromatic carbocycles. The van der Waals surface area contributed by atoms with Crippen molar-refractivity contribution in [1.82, 2.24) is 9.80 Å². The van der Waals surface area contributed by atoms with E-state index in [0.717, 1.165) is 13.0 Å². The molecule has 0 aliphatic carbocycles. The van der Waals surface area contributed by atoms with Crippen LogP contribution >= 0.6 is 0 Å². The maximum Gasteiger partial charge on any atom is 0.115 e. The highest BCUT2D eigenvalue weighted by Gasteiger charge is 2.12. The van der Waals surface area contributed by atoms with Gasteiger partial charge in [-0.3, -0.25) is 0 Å². The highest BCUT2D eigenvalue weighted by molar-refractivity contribution is 4.68. The van der Waals surface area contributed by atoms with E-state index in [1.165, 1.54) is 26.2 Å². The Morgan fingerprint density at radius 1 is 1.25 bits per heavy atom. The van der Waals surface area contributed by atoms with E-state index in [2.05, 4.69) is 21.6 Å². The highest BCUT2D eigenvalue weighted by atomic mass is 16.5. The standard InChI is InChI=1S/C9H18N2O/c1-10-5-7-11(8-6-10)4-3-9-12-2/h2H,3-9H2,1H3. The molecule has 0 aromatic heterocycles. The molecule has 0 atom stereocenters. The third-order valence-electron chi connectivity index (χ3n) is 2.33. The number of rotatable bonds is 4. The topological polar surface area (TPSA) is 15.7 Å². The molecule has 1 fully saturated rings. The predicted octanol–water partition coefficient (Wildman–Crippen LogP) is 0.309. The summed E-state index contributed by atoms with van der Waals surface area (Å²) in [4.78, 5) is 4.81. The van der Waals surface area contributed by atoms with Crippen molar-refractivity contribution in [2.24, 2.45) is 0 Å². The smallest absolute Gasteiger partial charge is 0.115 e. The molecule has 1 aliphatic rings. The Bertz CT molecular complexity index is 111. The molecule has 3 heteroatoms. The predicted molar refractivity (Wildman–Crippen MR) is 48.8 cm³/mol. The van der Waals surface area contributed by atoms with Crippen LogP contribution in [0.25, 0.3) is 0 Å². The van der Waals surface area contributed by atoms with E-state index >= 15 is 0 Å². The summed E-state index contributed by atoms with van der Waals surface area (Å²) < 4.78 is 4.52. The number of nitrogens with zero attached hydrogens (tertiary/aromatic N) is 2. The first kappa shape index (κ1) is 9.96. The lowest BCUT2D eigenvalue weighted by Gasteiger charge is -2.32. The summed E-state index contributed by atoms with van der Waals surface area (Å²) in [7, 11) is 7.11. The normalized spacial score (nSPS) is 21.5. The van der Waals surface area contributed by atoms with E-state index < -0.39 is 0 Å². The highest BCUT2D eigenvalue weighted by Crippen LogP contribution is 1.99. The van der Waals surface area contributed by atoms with Crippen molar-refractivity contribution < 1.29 is 4.74 Å². The minimum absolute atomic E-state index is 0.673. The van der Waals surface area contributed by atoms with Crippen LogP contribution in [0.2, 0.25) is 0 Å². The molecule has 0 saturated carbocycles. The van der Waals surface area contributed by atoms with Crippen LogP contribution in [0.15, 0.2) is 0 Å². The molecule has 2 radical (unpaired) electrons. The lowest BCUT2D eigenvalue weighted by molar-refractivity contribution is 0.139. The van der Waals surface area contributed by atoms with Gasteiger partial charge in [0.25, 0.3) is 0 Å². The van der Waals surface area contributed by atoms with Gasteiger partial charge in [-0.05, 0) is 13.5 Å². The van der Waals surface area contributed by atoms with Crippen molar-refractivity contribution >= 4 is 0 Å². The Morgan fingerprint density at radius 3 is 2.50 bits per heavy atom. The maximum absolute atomic E-state index is 4.94. The largest absolute Gasteiger partial charge is 0.373 e. The van der Waals surface area contributed by atoms with Gasteiger partial charge in [0.15, 0.2) is 0 Å². The number of hydrogen-bond acceptors (Lipinski definition) is 3. The molecule has 12 heavy (non-hydrogen) atoms. The van der Waals surface area contributed by atoms with Crippen LogP contribution in [0.5, 0.6) is 0 Å². The fourth-order valence-corrected chi connectivity index (χ4v) is 1.44. The van der Waals surface area contributed by atoms with Crippen molar-refractivity contribution in [1.29, 1.82) is 0 Å². The van der Waals surface area contributed by atoms with Crippen LogP contribution < -0.4 is 0 Å². The third kappa shape index (κ3) is 3.52. The first-order valence-corrected chi connectivity index (χ1v) is 4.55. The quantitative estimate of drug-likeness (QED) is 0.565. The molecule has 0 bridgehead atoms. The second-order valence-corrected chi connectivity index (χ2v) is 3.37. The second-order valence-electron chi connectivity index (χ2n) is 3.37. The van der Waals surface area contributed by atoms with Gasteiger partial charge in [-0.15, -0.1) is 0 Å². The summed E-state index contributed by atoms with van der Waals surface area (Å²) in [5.41, 5.74) is 0. The van der Waals surface area contributed by atoms with Crippen LogP contribution in [0.4, 0.5) is 0 Å². The van der Waals surface area contributed by atoms with E-state index in [1.54, 1.807) is 0 Å². The van der Waals surface area contributed by atoms with Gasteiger partial charge in [0.05, 0.1) is 0 Å². The summed E-state index contributed by atoms with van der Waals surface area (Å²) in [5.74, 6) is 0. The molecule has 0 amide bonds. The molecule has 3 nitrogen and oxygen atoms in total. The minimum atomic E-state index is 0.673. The minimum Gasteiger partial charge on any atom is -0.373 e. The van der Waals surface area contributed by atoms with Gasteiger partial charge >= 0.3 is 0 Å². The van der Waals surface area contributed by atoms with Crippen molar-refractivity contribution in [3.63, 3.8) is 0 Å². The molecular weight excluding hydrogens is 152 g/mol. The van der Waals surface area contributed by atoms with E-state index in [-0.39, 0.29) is 0 Å². The molecule has 70 valence electrons. The number of ether oxygens (including phenoxy) is 1. The van der Waals surface area contributed by atoms with E-state index in [9.17, 15) is 0 Å². The fourth-order valence-electron chi connectivity index (χ4n) is 1.44. The molecule has 1 rings (SSSR count). The molecule has 0 unspecified atom stereocenters. The number of hydrogen-bond donors (Lipinski definition) is 0. The Balaban J connectivity index is 2.01. The van der Waals surface area contributed by atoms with Crippen LogP contribution in [0, 0.1) is 7.11 Å². The molecule has 1 saturated heterocycles. The molecule has 0 N–H and O–H groups in total. The van der Waals surface area contributed by atoms with Gasteiger partial charge in [-0.25, -0.2) is 0 Å². The molecule has 0 spiro atoms. The molecule has 1 aliphatic heterocycles. The van der Waals surface area contributed by atoms with Gasteiger partial charge < -0.3 is 14.5 Å². The van der Waals surface area contributed by atoms with Crippen LogP contribution in [-0.4, -0.2) is 56.2 Å². The second kappa shape index (κ2) is 5.51. The fraction of sp³-hybridized carbons (Fsp3) is 0.889. The van der Waals surface area contributed by atoms with Gasteiger partial charge in [0.2, 0.25) is 0 Å². The molecular formula is C9H18N2O. The average molecular weight is 170 g/mol. The van der Waals surface area contributed by atoms with E-state index in [0.29, 0.717) is 6.61 Å². The zero-order valence-corrected chi connectivity index (χ0v) is 7.83. The summed E-state index contributed by atoms with van der Waals surface area (Å²) >= 11 is 0. The average Bonchev–Trinajstić information content (AvgIpc) is 2.09. The molecule has 1 heterocycles. The van der Waals surface area contributed by atoms with Gasteiger partial charge in [0.1, 0.15) is 7.11 Å². The third-order valence-corrected chi connectivity index (χ3v) is 2.33. The lowest BCUT2D eigenvalue weighted by Crippen LogP contribution is -2.44. The summed E-state index contributed by atoms with van der Waals surface area (Å²) in [6.45, 7) is 6.52. The Hall–Kier alpha value is -0.120. The zero-order valence-electron chi connectivity index (χ0n) is 7.83. The lowest BCUT2D eigenvalue weighted by atomic mass is 10.3. The van der Waals surface area contributed by atoms with Crippen molar-refractivity contribution in [2.45, 2.75) is 6.42 Å². The Morgan fingerprint density at radius 2 is 1.92 bits per heavy atom. The van der Waals surface area contributed by atoms with Crippen molar-refractivity contribution in [3.05, 3.63) is 7.11 Å². The van der Waals surface area contributed by atoms with Gasteiger partial charge in [-0.2, -0.15) is 0 Å². The first-order valence-electron chi connectivity index (χ1n) is 4.55. The summed E-state index contributed by atoms with van der Waals surface area (Å²) in [6, 6.07) is 0. The van der Waals surface area contributed by atoms with Crippen LogP contribution in [-0.2, 0) is 4.74 Å². The number of piperazine rings is 1. The SMILES string of the molecule is [CH]OCCCN1CCN(C)CC1.